The Morgan fingerprint density at radius 3 is 2.81 bits per heavy atom. The molecule has 1 aliphatic rings. The van der Waals surface area contributed by atoms with Gasteiger partial charge >= 0.3 is 0 Å². The fourth-order valence-electron chi connectivity index (χ4n) is 2.53. The summed E-state index contributed by atoms with van der Waals surface area (Å²) in [6.45, 7) is 7.61. The molecule has 1 fully saturated rings. The highest BCUT2D eigenvalue weighted by molar-refractivity contribution is 5.00. The summed E-state index contributed by atoms with van der Waals surface area (Å²) < 4.78 is 7.33. The van der Waals surface area contributed by atoms with Crippen molar-refractivity contribution < 1.29 is 4.52 Å². The average molecular weight is 289 g/mol. The van der Waals surface area contributed by atoms with E-state index < -0.39 is 0 Å². The lowest BCUT2D eigenvalue weighted by Gasteiger charge is -2.20. The van der Waals surface area contributed by atoms with Crippen LogP contribution in [0, 0.1) is 0 Å². The van der Waals surface area contributed by atoms with E-state index in [4.69, 9.17) is 4.52 Å². The van der Waals surface area contributed by atoms with Gasteiger partial charge in [0.2, 0.25) is 5.89 Å². The van der Waals surface area contributed by atoms with E-state index in [1.165, 1.54) is 19.3 Å². The predicted octanol–water partition coefficient (Wildman–Crippen LogP) is 2.58. The van der Waals surface area contributed by atoms with Crippen molar-refractivity contribution in [1.29, 1.82) is 0 Å². The van der Waals surface area contributed by atoms with E-state index in [9.17, 15) is 0 Å². The maximum atomic E-state index is 5.38. The SMILES string of the molecule is CCN(Cc1ccn(CC)n1)Cc1noc(C2CCC2)n1. The molecule has 0 saturated heterocycles. The summed E-state index contributed by atoms with van der Waals surface area (Å²) in [5.41, 5.74) is 1.08. The van der Waals surface area contributed by atoms with Gasteiger partial charge in [-0.2, -0.15) is 10.1 Å². The molecule has 0 N–H and O–H groups in total. The van der Waals surface area contributed by atoms with Crippen LogP contribution in [-0.2, 0) is 19.6 Å². The first-order chi connectivity index (χ1) is 10.3. The largest absolute Gasteiger partial charge is 0.339 e. The molecule has 0 spiro atoms. The standard InChI is InChI=1S/C15H23N5O/c1-3-19(10-13-8-9-20(4-2)17-13)11-14-16-15(21-18-14)12-6-5-7-12/h8-9,12H,3-7,10-11H2,1-2H3. The molecule has 6 heteroatoms. The van der Waals surface area contributed by atoms with Crippen LogP contribution in [0.4, 0.5) is 0 Å². The van der Waals surface area contributed by atoms with E-state index in [2.05, 4.69) is 40.1 Å². The third-order valence-corrected chi connectivity index (χ3v) is 4.16. The van der Waals surface area contributed by atoms with Crippen molar-refractivity contribution >= 4 is 0 Å². The van der Waals surface area contributed by atoms with Gasteiger partial charge in [0.25, 0.3) is 0 Å². The van der Waals surface area contributed by atoms with E-state index in [0.29, 0.717) is 12.5 Å². The number of hydrogen-bond acceptors (Lipinski definition) is 5. The normalized spacial score (nSPS) is 15.6. The van der Waals surface area contributed by atoms with Gasteiger partial charge in [-0.1, -0.05) is 18.5 Å². The minimum atomic E-state index is 0.501. The summed E-state index contributed by atoms with van der Waals surface area (Å²) >= 11 is 0. The minimum absolute atomic E-state index is 0.501. The summed E-state index contributed by atoms with van der Waals surface area (Å²) in [6, 6.07) is 2.07. The molecule has 6 nitrogen and oxygen atoms in total. The molecule has 21 heavy (non-hydrogen) atoms. The molecule has 2 aromatic heterocycles. The monoisotopic (exact) mass is 289 g/mol. The number of hydrogen-bond donors (Lipinski definition) is 0. The molecule has 3 rings (SSSR count). The maximum Gasteiger partial charge on any atom is 0.229 e. The average Bonchev–Trinajstić information content (AvgIpc) is 3.06. The van der Waals surface area contributed by atoms with Gasteiger partial charge < -0.3 is 4.52 Å². The van der Waals surface area contributed by atoms with Crippen molar-refractivity contribution in [1.82, 2.24) is 24.8 Å². The van der Waals surface area contributed by atoms with Crippen LogP contribution in [0.1, 0.15) is 56.4 Å². The van der Waals surface area contributed by atoms with Crippen molar-refractivity contribution in [2.24, 2.45) is 0 Å². The van der Waals surface area contributed by atoms with Crippen LogP contribution in [0.5, 0.6) is 0 Å². The Labute approximate surface area is 125 Å². The smallest absolute Gasteiger partial charge is 0.229 e. The number of aryl methyl sites for hydroxylation is 1. The Morgan fingerprint density at radius 2 is 2.19 bits per heavy atom. The van der Waals surface area contributed by atoms with E-state index in [-0.39, 0.29) is 0 Å². The summed E-state index contributed by atoms with van der Waals surface area (Å²) in [5.74, 6) is 2.11. The van der Waals surface area contributed by atoms with E-state index >= 15 is 0 Å². The van der Waals surface area contributed by atoms with Crippen LogP contribution in [0.25, 0.3) is 0 Å². The highest BCUT2D eigenvalue weighted by Crippen LogP contribution is 2.35. The lowest BCUT2D eigenvalue weighted by atomic mass is 9.85. The molecule has 0 aliphatic heterocycles. The quantitative estimate of drug-likeness (QED) is 0.784. The lowest BCUT2D eigenvalue weighted by Crippen LogP contribution is -2.23. The zero-order valence-corrected chi connectivity index (χ0v) is 12.8. The van der Waals surface area contributed by atoms with Gasteiger partial charge in [0, 0.05) is 25.2 Å². The van der Waals surface area contributed by atoms with Gasteiger partial charge in [-0.15, -0.1) is 0 Å². The molecule has 2 aromatic rings. The Bertz CT molecular complexity index is 572. The zero-order valence-electron chi connectivity index (χ0n) is 12.8. The Kier molecular flexibility index (Phi) is 4.34. The molecule has 0 bridgehead atoms. The molecule has 0 unspecified atom stereocenters. The van der Waals surface area contributed by atoms with Crippen molar-refractivity contribution in [2.75, 3.05) is 6.54 Å². The van der Waals surface area contributed by atoms with E-state index in [1.807, 2.05) is 10.9 Å². The van der Waals surface area contributed by atoms with Gasteiger partial charge in [-0.25, -0.2) is 0 Å². The molecule has 0 radical (unpaired) electrons. The molecule has 0 amide bonds. The van der Waals surface area contributed by atoms with Crippen molar-refractivity contribution in [3.05, 3.63) is 29.7 Å². The lowest BCUT2D eigenvalue weighted by molar-refractivity contribution is 0.252. The summed E-state index contributed by atoms with van der Waals surface area (Å²) in [6.07, 6.45) is 5.68. The van der Waals surface area contributed by atoms with Crippen molar-refractivity contribution in [2.45, 2.75) is 58.7 Å². The highest BCUT2D eigenvalue weighted by atomic mass is 16.5. The summed E-state index contributed by atoms with van der Waals surface area (Å²) in [4.78, 5) is 6.81. The predicted molar refractivity (Wildman–Crippen MR) is 78.6 cm³/mol. The molecule has 114 valence electrons. The van der Waals surface area contributed by atoms with Crippen LogP contribution in [0.2, 0.25) is 0 Å². The molecule has 1 aliphatic carbocycles. The zero-order chi connectivity index (χ0) is 14.7. The van der Waals surface area contributed by atoms with Crippen LogP contribution < -0.4 is 0 Å². The first-order valence-corrected chi connectivity index (χ1v) is 7.85. The Morgan fingerprint density at radius 1 is 1.33 bits per heavy atom. The fraction of sp³-hybridized carbons (Fsp3) is 0.667. The van der Waals surface area contributed by atoms with Crippen LogP contribution in [0.3, 0.4) is 0 Å². The Balaban J connectivity index is 1.59. The number of aromatic nitrogens is 4. The molecular weight excluding hydrogens is 266 g/mol. The molecule has 0 atom stereocenters. The number of rotatable bonds is 7. The van der Waals surface area contributed by atoms with Crippen LogP contribution in [0.15, 0.2) is 16.8 Å². The van der Waals surface area contributed by atoms with Gasteiger partial charge in [0.1, 0.15) is 0 Å². The second-order valence-corrected chi connectivity index (χ2v) is 5.64. The van der Waals surface area contributed by atoms with Gasteiger partial charge in [-0.05, 0) is 32.4 Å². The molecular formula is C15H23N5O. The topological polar surface area (TPSA) is 60.0 Å². The maximum absolute atomic E-state index is 5.38. The third-order valence-electron chi connectivity index (χ3n) is 4.16. The van der Waals surface area contributed by atoms with Crippen LogP contribution >= 0.6 is 0 Å². The summed E-state index contributed by atoms with van der Waals surface area (Å²) in [5, 5.41) is 8.64. The third kappa shape index (κ3) is 3.32. The second-order valence-electron chi connectivity index (χ2n) is 5.64. The van der Waals surface area contributed by atoms with Crippen molar-refractivity contribution in [3.63, 3.8) is 0 Å². The van der Waals surface area contributed by atoms with Gasteiger partial charge in [0.05, 0.1) is 12.2 Å². The minimum Gasteiger partial charge on any atom is -0.339 e. The first kappa shape index (κ1) is 14.3. The van der Waals surface area contributed by atoms with Gasteiger partial charge in [0.15, 0.2) is 5.82 Å². The van der Waals surface area contributed by atoms with Crippen LogP contribution in [-0.4, -0.2) is 31.4 Å². The van der Waals surface area contributed by atoms with Gasteiger partial charge in [-0.3, -0.25) is 9.58 Å². The van der Waals surface area contributed by atoms with Crippen molar-refractivity contribution in [3.8, 4) is 0 Å². The van der Waals surface area contributed by atoms with E-state index in [0.717, 1.165) is 37.0 Å². The highest BCUT2D eigenvalue weighted by Gasteiger charge is 2.25. The molecule has 2 heterocycles. The van der Waals surface area contributed by atoms with E-state index in [1.54, 1.807) is 0 Å². The Hall–Kier alpha value is -1.69. The second kappa shape index (κ2) is 6.39. The number of nitrogens with zero attached hydrogens (tertiary/aromatic N) is 5. The fourth-order valence-corrected chi connectivity index (χ4v) is 2.53. The molecule has 0 aromatic carbocycles. The summed E-state index contributed by atoms with van der Waals surface area (Å²) in [7, 11) is 0. The molecule has 1 saturated carbocycles. The first-order valence-electron chi connectivity index (χ1n) is 7.85.